The summed E-state index contributed by atoms with van der Waals surface area (Å²) in [6.07, 6.45) is 5.48. The normalized spacial score (nSPS) is 20.3. The summed E-state index contributed by atoms with van der Waals surface area (Å²) in [5.41, 5.74) is 5.41. The zero-order valence-corrected chi connectivity index (χ0v) is 11.9. The highest BCUT2D eigenvalue weighted by molar-refractivity contribution is 6.01. The molecule has 4 nitrogen and oxygen atoms in total. The Kier molecular flexibility index (Phi) is 2.79. The van der Waals surface area contributed by atoms with E-state index in [2.05, 4.69) is 23.2 Å². The minimum Gasteiger partial charge on any atom is -0.373 e. The summed E-state index contributed by atoms with van der Waals surface area (Å²) >= 11 is 0. The van der Waals surface area contributed by atoms with E-state index < -0.39 is 0 Å². The SMILES string of the molecule is CN1C(=O)Cc2cc(-c3cncc(C4CCO4)c3)ccc21. The molecule has 1 aromatic heterocycles. The van der Waals surface area contributed by atoms with Gasteiger partial charge in [-0.15, -0.1) is 0 Å². The molecule has 0 saturated carbocycles. The number of likely N-dealkylation sites (N-methyl/N-ethyl adjacent to an activating group) is 1. The second kappa shape index (κ2) is 4.67. The van der Waals surface area contributed by atoms with E-state index in [4.69, 9.17) is 4.74 Å². The highest BCUT2D eigenvalue weighted by Crippen LogP contribution is 2.34. The largest absolute Gasteiger partial charge is 0.373 e. The zero-order chi connectivity index (χ0) is 14.4. The van der Waals surface area contributed by atoms with Crippen molar-refractivity contribution in [2.75, 3.05) is 18.6 Å². The van der Waals surface area contributed by atoms with Crippen LogP contribution in [-0.4, -0.2) is 24.5 Å². The first-order valence-electron chi connectivity index (χ1n) is 7.19. The molecule has 4 rings (SSSR count). The summed E-state index contributed by atoms with van der Waals surface area (Å²) in [5.74, 6) is 0.150. The highest BCUT2D eigenvalue weighted by Gasteiger charge is 2.24. The number of hydrogen-bond acceptors (Lipinski definition) is 3. The number of carbonyl (C=O) groups is 1. The number of ether oxygens (including phenoxy) is 1. The molecule has 0 radical (unpaired) electrons. The first-order chi connectivity index (χ1) is 10.2. The van der Waals surface area contributed by atoms with Crippen LogP contribution in [0.4, 0.5) is 5.69 Å². The van der Waals surface area contributed by atoms with E-state index >= 15 is 0 Å². The molecule has 2 aromatic rings. The fourth-order valence-electron chi connectivity index (χ4n) is 2.94. The quantitative estimate of drug-likeness (QED) is 0.849. The summed E-state index contributed by atoms with van der Waals surface area (Å²) in [6, 6.07) is 8.30. The number of aromatic nitrogens is 1. The minimum absolute atomic E-state index is 0.150. The molecule has 21 heavy (non-hydrogen) atoms. The van der Waals surface area contributed by atoms with Gasteiger partial charge in [0.15, 0.2) is 0 Å². The Bertz CT molecular complexity index is 722. The van der Waals surface area contributed by atoms with Crippen LogP contribution in [0.3, 0.4) is 0 Å². The van der Waals surface area contributed by atoms with Crippen LogP contribution < -0.4 is 4.90 Å². The van der Waals surface area contributed by atoms with E-state index in [1.807, 2.05) is 25.5 Å². The molecule has 0 aliphatic carbocycles. The number of pyridine rings is 1. The van der Waals surface area contributed by atoms with E-state index in [9.17, 15) is 4.79 Å². The van der Waals surface area contributed by atoms with Crippen molar-refractivity contribution < 1.29 is 9.53 Å². The van der Waals surface area contributed by atoms with Gasteiger partial charge in [0.2, 0.25) is 5.91 Å². The minimum atomic E-state index is 0.150. The third-order valence-corrected chi connectivity index (χ3v) is 4.32. The van der Waals surface area contributed by atoms with Gasteiger partial charge in [-0.1, -0.05) is 6.07 Å². The molecule has 2 aliphatic rings. The van der Waals surface area contributed by atoms with Crippen LogP contribution in [-0.2, 0) is 16.0 Å². The Hall–Kier alpha value is -2.20. The van der Waals surface area contributed by atoms with Gasteiger partial charge in [-0.25, -0.2) is 0 Å². The highest BCUT2D eigenvalue weighted by atomic mass is 16.5. The maximum absolute atomic E-state index is 11.8. The molecule has 4 heteroatoms. The molecule has 0 bridgehead atoms. The van der Waals surface area contributed by atoms with Crippen LogP contribution in [0, 0.1) is 0 Å². The molecule has 1 saturated heterocycles. The van der Waals surface area contributed by atoms with E-state index in [0.29, 0.717) is 6.42 Å². The Morgan fingerprint density at radius 1 is 1.24 bits per heavy atom. The molecule has 1 amide bonds. The average molecular weight is 280 g/mol. The molecule has 0 N–H and O–H groups in total. The van der Waals surface area contributed by atoms with Crippen LogP contribution in [0.5, 0.6) is 0 Å². The third-order valence-electron chi connectivity index (χ3n) is 4.32. The van der Waals surface area contributed by atoms with Gasteiger partial charge in [-0.3, -0.25) is 9.78 Å². The predicted molar refractivity (Wildman–Crippen MR) is 80.1 cm³/mol. The lowest BCUT2D eigenvalue weighted by Crippen LogP contribution is -2.20. The Labute approximate surface area is 123 Å². The van der Waals surface area contributed by atoms with Gasteiger partial charge in [-0.05, 0) is 34.9 Å². The van der Waals surface area contributed by atoms with E-state index in [-0.39, 0.29) is 12.0 Å². The molecular weight excluding hydrogens is 264 g/mol. The predicted octanol–water partition coefficient (Wildman–Crippen LogP) is 2.73. The van der Waals surface area contributed by atoms with E-state index in [0.717, 1.165) is 41.0 Å². The van der Waals surface area contributed by atoms with Crippen molar-refractivity contribution in [3.63, 3.8) is 0 Å². The first kappa shape index (κ1) is 12.5. The maximum Gasteiger partial charge on any atom is 0.231 e. The number of rotatable bonds is 2. The number of benzene rings is 1. The fourth-order valence-corrected chi connectivity index (χ4v) is 2.94. The topological polar surface area (TPSA) is 42.4 Å². The lowest BCUT2D eigenvalue weighted by Gasteiger charge is -2.26. The lowest BCUT2D eigenvalue weighted by molar-refractivity contribution is -0.117. The first-order valence-corrected chi connectivity index (χ1v) is 7.19. The van der Waals surface area contributed by atoms with Crippen LogP contribution in [0.2, 0.25) is 0 Å². The van der Waals surface area contributed by atoms with E-state index in [1.54, 1.807) is 4.90 Å². The molecule has 0 spiro atoms. The van der Waals surface area contributed by atoms with Crippen molar-refractivity contribution in [3.8, 4) is 11.1 Å². The number of carbonyl (C=O) groups excluding carboxylic acids is 1. The molecule has 1 atom stereocenters. The van der Waals surface area contributed by atoms with Crippen molar-refractivity contribution in [2.24, 2.45) is 0 Å². The summed E-state index contributed by atoms with van der Waals surface area (Å²) in [4.78, 5) is 17.8. The second-order valence-electron chi connectivity index (χ2n) is 5.63. The summed E-state index contributed by atoms with van der Waals surface area (Å²) in [7, 11) is 1.82. The van der Waals surface area contributed by atoms with Crippen molar-refractivity contribution >= 4 is 11.6 Å². The summed E-state index contributed by atoms with van der Waals surface area (Å²) in [6.45, 7) is 0.836. The standard InChI is InChI=1S/C17H16N2O2/c1-19-15-3-2-11(6-12(15)8-17(19)20)13-7-14(10-18-9-13)16-4-5-21-16/h2-3,6-7,9-10,16H,4-5,8H2,1H3. The van der Waals surface area contributed by atoms with Crippen molar-refractivity contribution in [2.45, 2.75) is 18.9 Å². The number of anilines is 1. The van der Waals surface area contributed by atoms with Crippen LogP contribution >= 0.6 is 0 Å². The molecular formula is C17H16N2O2. The molecule has 1 unspecified atom stereocenters. The molecule has 1 aromatic carbocycles. The van der Waals surface area contributed by atoms with Crippen molar-refractivity contribution in [1.29, 1.82) is 0 Å². The molecule has 106 valence electrons. The van der Waals surface area contributed by atoms with Crippen molar-refractivity contribution in [3.05, 3.63) is 47.8 Å². The third kappa shape index (κ3) is 2.03. The van der Waals surface area contributed by atoms with Crippen LogP contribution in [0.1, 0.15) is 23.7 Å². The number of hydrogen-bond donors (Lipinski definition) is 0. The Balaban J connectivity index is 1.71. The summed E-state index contributed by atoms with van der Waals surface area (Å²) in [5, 5.41) is 0. The zero-order valence-electron chi connectivity index (χ0n) is 11.9. The number of fused-ring (bicyclic) bond motifs is 1. The Morgan fingerprint density at radius 3 is 2.86 bits per heavy atom. The van der Waals surface area contributed by atoms with Gasteiger partial charge in [0.05, 0.1) is 19.1 Å². The smallest absolute Gasteiger partial charge is 0.231 e. The van der Waals surface area contributed by atoms with Gasteiger partial charge in [0, 0.05) is 37.1 Å². The molecule has 1 fully saturated rings. The maximum atomic E-state index is 11.8. The molecule has 2 aliphatic heterocycles. The monoisotopic (exact) mass is 280 g/mol. The average Bonchev–Trinajstić information content (AvgIpc) is 2.72. The van der Waals surface area contributed by atoms with Crippen LogP contribution in [0.25, 0.3) is 11.1 Å². The van der Waals surface area contributed by atoms with Gasteiger partial charge in [-0.2, -0.15) is 0 Å². The lowest BCUT2D eigenvalue weighted by atomic mass is 9.99. The van der Waals surface area contributed by atoms with Gasteiger partial charge < -0.3 is 9.64 Å². The summed E-state index contributed by atoms with van der Waals surface area (Å²) < 4.78 is 5.52. The second-order valence-corrected chi connectivity index (χ2v) is 5.63. The van der Waals surface area contributed by atoms with Gasteiger partial charge in [0.1, 0.15) is 0 Å². The molecule has 3 heterocycles. The van der Waals surface area contributed by atoms with Gasteiger partial charge in [0.25, 0.3) is 0 Å². The number of amides is 1. The van der Waals surface area contributed by atoms with Gasteiger partial charge >= 0.3 is 0 Å². The number of nitrogens with zero attached hydrogens (tertiary/aromatic N) is 2. The van der Waals surface area contributed by atoms with Crippen molar-refractivity contribution in [1.82, 2.24) is 4.98 Å². The Morgan fingerprint density at radius 2 is 2.10 bits per heavy atom. The van der Waals surface area contributed by atoms with E-state index in [1.165, 1.54) is 0 Å². The van der Waals surface area contributed by atoms with Crippen LogP contribution in [0.15, 0.2) is 36.7 Å². The fraction of sp³-hybridized carbons (Fsp3) is 0.294.